The summed E-state index contributed by atoms with van der Waals surface area (Å²) in [4.78, 5) is 4.49. The summed E-state index contributed by atoms with van der Waals surface area (Å²) in [6, 6.07) is 7.99. The van der Waals surface area contributed by atoms with E-state index < -0.39 is 0 Å². The quantitative estimate of drug-likeness (QED) is 0.939. The van der Waals surface area contributed by atoms with E-state index >= 15 is 0 Å². The van der Waals surface area contributed by atoms with Crippen LogP contribution >= 0.6 is 12.4 Å². The van der Waals surface area contributed by atoms with Crippen molar-refractivity contribution in [1.82, 2.24) is 10.1 Å². The summed E-state index contributed by atoms with van der Waals surface area (Å²) in [5.41, 5.74) is 7.68. The molecular weight excluding hydrogens is 274 g/mol. The Morgan fingerprint density at radius 3 is 2.50 bits per heavy atom. The molecule has 0 bridgehead atoms. The smallest absolute Gasteiger partial charge is 0.227 e. The van der Waals surface area contributed by atoms with E-state index in [1.54, 1.807) is 0 Å². The summed E-state index contributed by atoms with van der Waals surface area (Å²) >= 11 is 0. The fraction of sp³-hybridized carbons (Fsp3) is 0.467. The van der Waals surface area contributed by atoms with Gasteiger partial charge in [-0.1, -0.05) is 42.3 Å². The molecular formula is C15H20ClN3O. The zero-order valence-electron chi connectivity index (χ0n) is 11.4. The Kier molecular flexibility index (Phi) is 5.15. The third-order valence-corrected chi connectivity index (χ3v) is 3.85. The van der Waals surface area contributed by atoms with Gasteiger partial charge in [0.25, 0.3) is 0 Å². The van der Waals surface area contributed by atoms with Gasteiger partial charge in [-0.2, -0.15) is 4.98 Å². The molecule has 1 aliphatic carbocycles. The van der Waals surface area contributed by atoms with Crippen molar-refractivity contribution in [2.45, 2.75) is 38.6 Å². The summed E-state index contributed by atoms with van der Waals surface area (Å²) in [5.74, 6) is 2.18. The Morgan fingerprint density at radius 2 is 1.85 bits per heavy atom. The van der Waals surface area contributed by atoms with Crippen LogP contribution in [0.4, 0.5) is 0 Å². The van der Waals surface area contributed by atoms with Crippen molar-refractivity contribution >= 4 is 12.4 Å². The third-order valence-electron chi connectivity index (χ3n) is 3.85. The molecule has 0 spiro atoms. The molecule has 4 nitrogen and oxygen atoms in total. The molecule has 1 aliphatic rings. The molecule has 0 unspecified atom stereocenters. The lowest BCUT2D eigenvalue weighted by Gasteiger charge is -2.02. The first-order chi connectivity index (χ1) is 9.35. The third kappa shape index (κ3) is 3.38. The average Bonchev–Trinajstić information content (AvgIpc) is 3.11. The van der Waals surface area contributed by atoms with Crippen LogP contribution in [-0.4, -0.2) is 10.1 Å². The maximum absolute atomic E-state index is 5.58. The van der Waals surface area contributed by atoms with Crippen LogP contribution in [0.15, 0.2) is 28.8 Å². The second kappa shape index (κ2) is 6.86. The second-order valence-electron chi connectivity index (χ2n) is 5.27. The number of hydrogen-bond acceptors (Lipinski definition) is 4. The highest BCUT2D eigenvalue weighted by Crippen LogP contribution is 2.28. The molecule has 0 aliphatic heterocycles. The average molecular weight is 294 g/mol. The van der Waals surface area contributed by atoms with Gasteiger partial charge in [-0.3, -0.25) is 0 Å². The Labute approximate surface area is 125 Å². The first kappa shape index (κ1) is 15.0. The molecule has 2 N–H and O–H groups in total. The molecule has 108 valence electrons. The molecule has 0 saturated heterocycles. The number of halogens is 1. The van der Waals surface area contributed by atoms with E-state index in [4.69, 9.17) is 10.3 Å². The van der Waals surface area contributed by atoms with Crippen LogP contribution in [0.5, 0.6) is 0 Å². The monoisotopic (exact) mass is 293 g/mol. The zero-order valence-corrected chi connectivity index (χ0v) is 12.2. The highest BCUT2D eigenvalue weighted by atomic mass is 35.5. The molecule has 0 amide bonds. The topological polar surface area (TPSA) is 64.9 Å². The Bertz CT molecular complexity index is 532. The number of hydrogen-bond donors (Lipinski definition) is 1. The lowest BCUT2D eigenvalue weighted by atomic mass is 10.0. The molecule has 1 aromatic heterocycles. The van der Waals surface area contributed by atoms with Gasteiger partial charge in [-0.15, -0.1) is 12.4 Å². The Hall–Kier alpha value is -1.39. The molecule has 5 heteroatoms. The van der Waals surface area contributed by atoms with Crippen LogP contribution < -0.4 is 5.73 Å². The van der Waals surface area contributed by atoms with Crippen LogP contribution in [0.3, 0.4) is 0 Å². The maximum Gasteiger partial charge on any atom is 0.227 e. The number of rotatable bonds is 4. The van der Waals surface area contributed by atoms with Gasteiger partial charge in [0.15, 0.2) is 0 Å². The van der Waals surface area contributed by atoms with Crippen LogP contribution in [0, 0.1) is 5.92 Å². The van der Waals surface area contributed by atoms with Gasteiger partial charge >= 0.3 is 0 Å². The minimum absolute atomic E-state index is 0. The van der Waals surface area contributed by atoms with Gasteiger partial charge in [0.1, 0.15) is 0 Å². The maximum atomic E-state index is 5.58. The molecule has 1 aromatic carbocycles. The predicted octanol–water partition coefficient (Wildman–Crippen LogP) is 3.35. The number of nitrogens with two attached hydrogens (primary N) is 1. The molecule has 1 saturated carbocycles. The van der Waals surface area contributed by atoms with E-state index in [-0.39, 0.29) is 12.4 Å². The number of benzene rings is 1. The number of aromatic nitrogens is 2. The highest BCUT2D eigenvalue weighted by Gasteiger charge is 2.19. The predicted molar refractivity (Wildman–Crippen MR) is 80.5 cm³/mol. The molecule has 2 aromatic rings. The van der Waals surface area contributed by atoms with E-state index in [1.807, 2.05) is 24.3 Å². The lowest BCUT2D eigenvalue weighted by Crippen LogP contribution is -1.98. The minimum atomic E-state index is 0. The van der Waals surface area contributed by atoms with Crippen molar-refractivity contribution in [1.29, 1.82) is 0 Å². The molecule has 20 heavy (non-hydrogen) atoms. The van der Waals surface area contributed by atoms with Crippen molar-refractivity contribution < 1.29 is 4.52 Å². The van der Waals surface area contributed by atoms with E-state index in [9.17, 15) is 0 Å². The minimum Gasteiger partial charge on any atom is -0.339 e. The first-order valence-corrected chi connectivity index (χ1v) is 6.97. The summed E-state index contributed by atoms with van der Waals surface area (Å²) < 4.78 is 5.35. The molecule has 0 radical (unpaired) electrons. The second-order valence-corrected chi connectivity index (χ2v) is 5.27. The van der Waals surface area contributed by atoms with Gasteiger partial charge in [-0.05, 0) is 24.3 Å². The summed E-state index contributed by atoms with van der Waals surface area (Å²) in [7, 11) is 0. The standard InChI is InChI=1S/C15H19N3O.ClH/c16-10-12-5-7-13(8-6-12)15-17-14(19-18-15)9-11-3-1-2-4-11;/h5-8,11H,1-4,9-10,16H2;1H. The fourth-order valence-electron chi connectivity index (χ4n) is 2.71. The summed E-state index contributed by atoms with van der Waals surface area (Å²) in [6.45, 7) is 0.555. The number of nitrogens with zero attached hydrogens (tertiary/aromatic N) is 2. The summed E-state index contributed by atoms with van der Waals surface area (Å²) in [6.07, 6.45) is 6.19. The zero-order chi connectivity index (χ0) is 13.1. The van der Waals surface area contributed by atoms with Crippen molar-refractivity contribution in [2.24, 2.45) is 11.7 Å². The van der Waals surface area contributed by atoms with Gasteiger partial charge in [0.05, 0.1) is 0 Å². The Balaban J connectivity index is 0.00000147. The lowest BCUT2D eigenvalue weighted by molar-refractivity contribution is 0.353. The van der Waals surface area contributed by atoms with Gasteiger partial charge in [-0.25, -0.2) is 0 Å². The van der Waals surface area contributed by atoms with E-state index in [0.29, 0.717) is 12.4 Å². The largest absolute Gasteiger partial charge is 0.339 e. The van der Waals surface area contributed by atoms with Crippen LogP contribution in [0.2, 0.25) is 0 Å². The van der Waals surface area contributed by atoms with Gasteiger partial charge < -0.3 is 10.3 Å². The fourth-order valence-corrected chi connectivity index (χ4v) is 2.71. The van der Waals surface area contributed by atoms with Crippen LogP contribution in [0.1, 0.15) is 37.1 Å². The van der Waals surface area contributed by atoms with Crippen molar-refractivity contribution in [3.63, 3.8) is 0 Å². The molecule has 1 fully saturated rings. The first-order valence-electron chi connectivity index (χ1n) is 6.97. The molecule has 3 rings (SSSR count). The Morgan fingerprint density at radius 1 is 1.15 bits per heavy atom. The van der Waals surface area contributed by atoms with Crippen molar-refractivity contribution in [3.05, 3.63) is 35.7 Å². The SMILES string of the molecule is Cl.NCc1ccc(-c2noc(CC3CCCC3)n2)cc1. The molecule has 0 atom stereocenters. The highest BCUT2D eigenvalue weighted by molar-refractivity contribution is 5.85. The summed E-state index contributed by atoms with van der Waals surface area (Å²) in [5, 5.41) is 4.07. The van der Waals surface area contributed by atoms with Crippen LogP contribution in [-0.2, 0) is 13.0 Å². The normalized spacial score (nSPS) is 15.2. The van der Waals surface area contributed by atoms with E-state index in [2.05, 4.69) is 10.1 Å². The van der Waals surface area contributed by atoms with Gasteiger partial charge in [0.2, 0.25) is 11.7 Å². The molecule has 1 heterocycles. The van der Waals surface area contributed by atoms with E-state index in [1.165, 1.54) is 25.7 Å². The van der Waals surface area contributed by atoms with E-state index in [0.717, 1.165) is 29.4 Å². The van der Waals surface area contributed by atoms with Gasteiger partial charge in [0, 0.05) is 18.5 Å². The van der Waals surface area contributed by atoms with Crippen molar-refractivity contribution in [2.75, 3.05) is 0 Å². The van der Waals surface area contributed by atoms with Crippen molar-refractivity contribution in [3.8, 4) is 11.4 Å². The van der Waals surface area contributed by atoms with Crippen LogP contribution in [0.25, 0.3) is 11.4 Å².